The van der Waals surface area contributed by atoms with Gasteiger partial charge in [0, 0.05) is 31.6 Å². The van der Waals surface area contributed by atoms with Gasteiger partial charge in [-0.15, -0.1) is 0 Å². The predicted molar refractivity (Wildman–Crippen MR) is 108 cm³/mol. The van der Waals surface area contributed by atoms with Crippen LogP contribution in [0.2, 0.25) is 0 Å². The minimum Gasteiger partial charge on any atom is -0.459 e. The standard InChI is InChI=1S/C20H17F3N4O5/c21-20(22,23)12-26-14-5-2-1-4-13(14)16(17(19(26)29)27(30)31)24-7-9-25(10-8-24)18(28)15-6-3-11-32-15/h1-6,11H,7-10,12H2. The summed E-state index contributed by atoms with van der Waals surface area (Å²) < 4.78 is 44.8. The van der Waals surface area contributed by atoms with Crippen LogP contribution >= 0.6 is 0 Å². The van der Waals surface area contributed by atoms with E-state index in [0.717, 1.165) is 0 Å². The van der Waals surface area contributed by atoms with Crippen LogP contribution in [0.25, 0.3) is 10.9 Å². The van der Waals surface area contributed by atoms with Gasteiger partial charge in [0.25, 0.3) is 5.91 Å². The van der Waals surface area contributed by atoms with Crippen molar-refractivity contribution in [2.45, 2.75) is 12.7 Å². The molecule has 32 heavy (non-hydrogen) atoms. The summed E-state index contributed by atoms with van der Waals surface area (Å²) in [5.41, 5.74) is -2.34. The Bertz CT molecular complexity index is 1230. The first-order chi connectivity index (χ1) is 15.2. The Balaban J connectivity index is 1.76. The minimum atomic E-state index is -4.74. The largest absolute Gasteiger partial charge is 0.459 e. The molecule has 1 aromatic carbocycles. The Kier molecular flexibility index (Phi) is 5.36. The quantitative estimate of drug-likeness (QED) is 0.447. The summed E-state index contributed by atoms with van der Waals surface area (Å²) in [6, 6.07) is 8.87. The molecule has 1 saturated heterocycles. The molecule has 2 aromatic heterocycles. The number of amides is 1. The molecule has 9 nitrogen and oxygen atoms in total. The monoisotopic (exact) mass is 450 g/mol. The Morgan fingerprint density at radius 1 is 1.09 bits per heavy atom. The van der Waals surface area contributed by atoms with Crippen LogP contribution in [0.15, 0.2) is 51.9 Å². The number of halogens is 3. The molecule has 0 aliphatic carbocycles. The lowest BCUT2D eigenvalue weighted by atomic mass is 10.1. The summed E-state index contributed by atoms with van der Waals surface area (Å²) in [5, 5.41) is 11.9. The normalized spacial score (nSPS) is 14.7. The zero-order valence-electron chi connectivity index (χ0n) is 16.5. The SMILES string of the molecule is O=C(c1ccco1)N1CCN(c2c([N+](=O)[O-])c(=O)n(CC(F)(F)F)c3ccccc23)CC1. The summed E-state index contributed by atoms with van der Waals surface area (Å²) in [4.78, 5) is 39.2. The number of rotatable bonds is 4. The number of piperazine rings is 1. The highest BCUT2D eigenvalue weighted by molar-refractivity contribution is 5.97. The van der Waals surface area contributed by atoms with Crippen molar-refractivity contribution in [2.24, 2.45) is 0 Å². The predicted octanol–water partition coefficient (Wildman–Crippen LogP) is 3.03. The highest BCUT2D eigenvalue weighted by Crippen LogP contribution is 2.35. The summed E-state index contributed by atoms with van der Waals surface area (Å²) in [5.74, 6) is -0.181. The average Bonchev–Trinajstić information content (AvgIpc) is 3.29. The molecule has 1 aliphatic rings. The second-order valence-corrected chi connectivity index (χ2v) is 7.23. The zero-order valence-corrected chi connectivity index (χ0v) is 16.5. The van der Waals surface area contributed by atoms with Gasteiger partial charge in [0.1, 0.15) is 12.2 Å². The third-order valence-electron chi connectivity index (χ3n) is 5.26. The van der Waals surface area contributed by atoms with E-state index in [0.29, 0.717) is 4.57 Å². The molecule has 0 saturated carbocycles. The molecular weight excluding hydrogens is 433 g/mol. The van der Waals surface area contributed by atoms with E-state index < -0.39 is 28.9 Å². The number of hydrogen-bond acceptors (Lipinski definition) is 6. The van der Waals surface area contributed by atoms with Crippen molar-refractivity contribution >= 4 is 28.2 Å². The number of carbonyl (C=O) groups excluding carboxylic acids is 1. The Morgan fingerprint density at radius 3 is 2.38 bits per heavy atom. The van der Waals surface area contributed by atoms with Crippen LogP contribution in [0, 0.1) is 10.1 Å². The van der Waals surface area contributed by atoms with Gasteiger partial charge in [-0.2, -0.15) is 13.2 Å². The summed E-state index contributed by atoms with van der Waals surface area (Å²) in [7, 11) is 0. The third-order valence-corrected chi connectivity index (χ3v) is 5.26. The van der Waals surface area contributed by atoms with E-state index in [1.807, 2.05) is 0 Å². The zero-order chi connectivity index (χ0) is 23.0. The maximum absolute atomic E-state index is 13.1. The number of aromatic nitrogens is 1. The number of furan rings is 1. The van der Waals surface area contributed by atoms with Crippen molar-refractivity contribution in [3.63, 3.8) is 0 Å². The maximum atomic E-state index is 13.1. The van der Waals surface area contributed by atoms with Crippen LogP contribution < -0.4 is 10.5 Å². The van der Waals surface area contributed by atoms with E-state index in [4.69, 9.17) is 4.42 Å². The van der Waals surface area contributed by atoms with Crippen LogP contribution in [-0.2, 0) is 6.54 Å². The van der Waals surface area contributed by atoms with Gasteiger partial charge >= 0.3 is 17.4 Å². The number of pyridine rings is 1. The molecule has 3 heterocycles. The van der Waals surface area contributed by atoms with Crippen LogP contribution in [0.1, 0.15) is 10.6 Å². The highest BCUT2D eigenvalue weighted by Gasteiger charge is 2.36. The molecule has 4 rings (SSSR count). The lowest BCUT2D eigenvalue weighted by molar-refractivity contribution is -0.385. The van der Waals surface area contributed by atoms with Crippen molar-refractivity contribution < 1.29 is 27.3 Å². The number of carbonyl (C=O) groups is 1. The first-order valence-corrected chi connectivity index (χ1v) is 9.62. The van der Waals surface area contributed by atoms with E-state index in [-0.39, 0.29) is 54.4 Å². The first kappa shape index (κ1) is 21.4. The van der Waals surface area contributed by atoms with Crippen LogP contribution in [0.3, 0.4) is 0 Å². The lowest BCUT2D eigenvalue weighted by Crippen LogP contribution is -2.49. The van der Waals surface area contributed by atoms with Crippen LogP contribution in [-0.4, -0.2) is 52.7 Å². The van der Waals surface area contributed by atoms with Crippen LogP contribution in [0.4, 0.5) is 24.5 Å². The van der Waals surface area contributed by atoms with Gasteiger partial charge in [-0.25, -0.2) is 0 Å². The van der Waals surface area contributed by atoms with E-state index >= 15 is 0 Å². The van der Waals surface area contributed by atoms with Gasteiger partial charge in [0.2, 0.25) is 0 Å². The van der Waals surface area contributed by atoms with Gasteiger partial charge in [0.05, 0.1) is 16.7 Å². The molecule has 0 radical (unpaired) electrons. The highest BCUT2D eigenvalue weighted by atomic mass is 19.4. The fourth-order valence-electron chi connectivity index (χ4n) is 3.89. The molecule has 168 valence electrons. The summed E-state index contributed by atoms with van der Waals surface area (Å²) in [6.45, 7) is -0.952. The molecule has 0 spiro atoms. The number of hydrogen-bond donors (Lipinski definition) is 0. The number of benzene rings is 1. The molecule has 1 aliphatic heterocycles. The van der Waals surface area contributed by atoms with Gasteiger partial charge in [-0.05, 0) is 18.2 Å². The summed E-state index contributed by atoms with van der Waals surface area (Å²) in [6.07, 6.45) is -3.37. The lowest BCUT2D eigenvalue weighted by Gasteiger charge is -2.36. The molecule has 0 unspecified atom stereocenters. The van der Waals surface area contributed by atoms with Gasteiger partial charge in [-0.3, -0.25) is 24.3 Å². The molecule has 0 atom stereocenters. The van der Waals surface area contributed by atoms with Gasteiger partial charge in [-0.1, -0.05) is 18.2 Å². The molecule has 12 heteroatoms. The number of nitrogens with zero attached hydrogens (tertiary/aromatic N) is 4. The van der Waals surface area contributed by atoms with E-state index in [9.17, 15) is 32.9 Å². The van der Waals surface area contributed by atoms with Crippen molar-refractivity contribution in [3.8, 4) is 0 Å². The van der Waals surface area contributed by atoms with E-state index in [2.05, 4.69) is 0 Å². The number of para-hydroxylation sites is 1. The molecule has 3 aromatic rings. The van der Waals surface area contributed by atoms with Crippen molar-refractivity contribution in [3.05, 3.63) is 68.9 Å². The fourth-order valence-corrected chi connectivity index (χ4v) is 3.89. The topological polar surface area (TPSA) is 102 Å². The smallest absolute Gasteiger partial charge is 0.406 e. The van der Waals surface area contributed by atoms with E-state index in [1.165, 1.54) is 41.5 Å². The Morgan fingerprint density at radius 2 is 1.78 bits per heavy atom. The first-order valence-electron chi connectivity index (χ1n) is 9.62. The number of fused-ring (bicyclic) bond motifs is 1. The molecule has 1 fully saturated rings. The molecule has 0 bridgehead atoms. The number of alkyl halides is 3. The minimum absolute atomic E-state index is 0.0425. The summed E-state index contributed by atoms with van der Waals surface area (Å²) >= 11 is 0. The van der Waals surface area contributed by atoms with Crippen LogP contribution in [0.5, 0.6) is 0 Å². The maximum Gasteiger partial charge on any atom is 0.406 e. The molecule has 0 N–H and O–H groups in total. The number of anilines is 1. The number of nitro groups is 1. The second kappa shape index (κ2) is 8.02. The van der Waals surface area contributed by atoms with Gasteiger partial charge in [0.15, 0.2) is 5.76 Å². The Labute approximate surface area is 178 Å². The fraction of sp³-hybridized carbons (Fsp3) is 0.300. The van der Waals surface area contributed by atoms with Crippen molar-refractivity contribution in [2.75, 3.05) is 31.1 Å². The Hall–Kier alpha value is -3.83. The third kappa shape index (κ3) is 3.90. The molecule has 1 amide bonds. The average molecular weight is 450 g/mol. The van der Waals surface area contributed by atoms with E-state index in [1.54, 1.807) is 11.0 Å². The van der Waals surface area contributed by atoms with Gasteiger partial charge < -0.3 is 14.2 Å². The second-order valence-electron chi connectivity index (χ2n) is 7.23. The van der Waals surface area contributed by atoms with Crippen molar-refractivity contribution in [1.82, 2.24) is 9.47 Å². The molecular formula is C20H17F3N4O5. The van der Waals surface area contributed by atoms with Crippen molar-refractivity contribution in [1.29, 1.82) is 0 Å².